The molecule has 0 unspecified atom stereocenters. The Labute approximate surface area is 157 Å². The van der Waals surface area contributed by atoms with E-state index in [1.807, 2.05) is 47.5 Å². The van der Waals surface area contributed by atoms with Crippen LogP contribution in [0.25, 0.3) is 10.9 Å². The fourth-order valence-corrected chi connectivity index (χ4v) is 3.85. The van der Waals surface area contributed by atoms with Gasteiger partial charge in [-0.05, 0) is 42.2 Å². The zero-order valence-electron chi connectivity index (χ0n) is 14.4. The second kappa shape index (κ2) is 6.78. The highest BCUT2D eigenvalue weighted by Crippen LogP contribution is 2.33. The first-order valence-electron chi connectivity index (χ1n) is 8.86. The van der Waals surface area contributed by atoms with E-state index in [4.69, 9.17) is 11.6 Å². The van der Waals surface area contributed by atoms with Crippen molar-refractivity contribution in [3.63, 3.8) is 0 Å². The number of nitrogens with one attached hydrogen (secondary N) is 1. The molecular weight excluding hydrogens is 348 g/mol. The summed E-state index contributed by atoms with van der Waals surface area (Å²) in [7, 11) is 0. The summed E-state index contributed by atoms with van der Waals surface area (Å²) in [6.45, 7) is 1.11. The molecule has 0 radical (unpaired) electrons. The topological polar surface area (TPSA) is 56.3 Å². The van der Waals surface area contributed by atoms with Gasteiger partial charge >= 0.3 is 0 Å². The van der Waals surface area contributed by atoms with E-state index in [9.17, 15) is 9.90 Å². The van der Waals surface area contributed by atoms with Crippen LogP contribution in [0, 0.1) is 0 Å². The van der Waals surface area contributed by atoms with Crippen LogP contribution >= 0.6 is 11.6 Å². The number of fused-ring (bicyclic) bond motifs is 1. The van der Waals surface area contributed by atoms with E-state index in [0.717, 1.165) is 22.0 Å². The lowest BCUT2D eigenvalue weighted by molar-refractivity contribution is -0.135. The standard InChI is InChI=1S/C21H21ClN2O2/c22-17-7-5-16(6-8-17)21(26)9-11-24(12-10-21)20(25)13-15-14-23-19-4-2-1-3-18(15)19/h1-8,14,23,26H,9-13H2. The number of amides is 1. The van der Waals surface area contributed by atoms with Gasteiger partial charge in [0.25, 0.3) is 0 Å². The van der Waals surface area contributed by atoms with Crippen molar-refractivity contribution >= 4 is 28.4 Å². The summed E-state index contributed by atoms with van der Waals surface area (Å²) in [4.78, 5) is 17.8. The maximum atomic E-state index is 12.7. The summed E-state index contributed by atoms with van der Waals surface area (Å²) < 4.78 is 0. The lowest BCUT2D eigenvalue weighted by Crippen LogP contribution is -2.45. The zero-order valence-corrected chi connectivity index (χ0v) is 15.2. The number of H-pyrrole nitrogens is 1. The molecule has 1 aromatic heterocycles. The first-order chi connectivity index (χ1) is 12.5. The molecule has 0 atom stereocenters. The van der Waals surface area contributed by atoms with Crippen LogP contribution in [0.3, 0.4) is 0 Å². The molecule has 5 heteroatoms. The van der Waals surface area contributed by atoms with Gasteiger partial charge in [-0.3, -0.25) is 4.79 Å². The van der Waals surface area contributed by atoms with Crippen molar-refractivity contribution in [2.75, 3.05) is 13.1 Å². The van der Waals surface area contributed by atoms with Crippen molar-refractivity contribution in [3.05, 3.63) is 70.9 Å². The minimum absolute atomic E-state index is 0.105. The molecule has 1 amide bonds. The van der Waals surface area contributed by atoms with Crippen molar-refractivity contribution in [2.24, 2.45) is 0 Å². The number of aromatic nitrogens is 1. The number of halogens is 1. The molecule has 1 saturated heterocycles. The minimum Gasteiger partial charge on any atom is -0.385 e. The van der Waals surface area contributed by atoms with Gasteiger partial charge in [0, 0.05) is 35.2 Å². The Morgan fingerprint density at radius 2 is 1.81 bits per heavy atom. The molecule has 2 N–H and O–H groups in total. The SMILES string of the molecule is O=C(Cc1c[nH]c2ccccc12)N1CCC(O)(c2ccc(Cl)cc2)CC1. The first-order valence-corrected chi connectivity index (χ1v) is 9.24. The Kier molecular flexibility index (Phi) is 4.47. The summed E-state index contributed by atoms with van der Waals surface area (Å²) in [6, 6.07) is 15.3. The summed E-state index contributed by atoms with van der Waals surface area (Å²) in [6.07, 6.45) is 3.36. The molecule has 2 aromatic carbocycles. The van der Waals surface area contributed by atoms with Crippen LogP contribution in [-0.2, 0) is 16.8 Å². The monoisotopic (exact) mass is 368 g/mol. The average molecular weight is 369 g/mol. The maximum absolute atomic E-state index is 12.7. The lowest BCUT2D eigenvalue weighted by atomic mass is 9.84. The second-order valence-corrected chi connectivity index (χ2v) is 7.39. The number of carbonyl (C=O) groups excluding carboxylic acids is 1. The number of carbonyl (C=O) groups is 1. The number of hydrogen-bond donors (Lipinski definition) is 2. The Bertz CT molecular complexity index is 925. The Morgan fingerprint density at radius 3 is 2.54 bits per heavy atom. The number of nitrogens with zero attached hydrogens (tertiary/aromatic N) is 1. The van der Waals surface area contributed by atoms with Crippen LogP contribution < -0.4 is 0 Å². The van der Waals surface area contributed by atoms with Crippen molar-refractivity contribution in [2.45, 2.75) is 24.9 Å². The van der Waals surface area contributed by atoms with E-state index in [-0.39, 0.29) is 5.91 Å². The summed E-state index contributed by atoms with van der Waals surface area (Å²) >= 11 is 5.93. The number of benzene rings is 2. The summed E-state index contributed by atoms with van der Waals surface area (Å²) in [5.41, 5.74) is 2.04. The smallest absolute Gasteiger partial charge is 0.227 e. The highest BCUT2D eigenvalue weighted by Gasteiger charge is 2.35. The van der Waals surface area contributed by atoms with Crippen molar-refractivity contribution < 1.29 is 9.90 Å². The van der Waals surface area contributed by atoms with Crippen LogP contribution in [-0.4, -0.2) is 34.0 Å². The summed E-state index contributed by atoms with van der Waals surface area (Å²) in [5.74, 6) is 0.105. The Balaban J connectivity index is 1.42. The molecule has 4 nitrogen and oxygen atoms in total. The zero-order chi connectivity index (χ0) is 18.1. The molecule has 1 aliphatic heterocycles. The van der Waals surface area contributed by atoms with Gasteiger partial charge in [0.1, 0.15) is 0 Å². The number of para-hydroxylation sites is 1. The number of hydrogen-bond acceptors (Lipinski definition) is 2. The van der Waals surface area contributed by atoms with Crippen LogP contribution in [0.5, 0.6) is 0 Å². The lowest BCUT2D eigenvalue weighted by Gasteiger charge is -2.38. The van der Waals surface area contributed by atoms with Gasteiger partial charge < -0.3 is 15.0 Å². The van der Waals surface area contributed by atoms with Crippen LogP contribution in [0.2, 0.25) is 5.02 Å². The third kappa shape index (κ3) is 3.22. The van der Waals surface area contributed by atoms with Gasteiger partial charge in [0.15, 0.2) is 0 Å². The second-order valence-electron chi connectivity index (χ2n) is 6.96. The van der Waals surface area contributed by atoms with E-state index >= 15 is 0 Å². The van der Waals surface area contributed by atoms with Gasteiger partial charge in [-0.1, -0.05) is 41.9 Å². The molecule has 1 aliphatic rings. The fourth-order valence-electron chi connectivity index (χ4n) is 3.73. The predicted molar refractivity (Wildman–Crippen MR) is 103 cm³/mol. The maximum Gasteiger partial charge on any atom is 0.227 e. The molecule has 0 spiro atoms. The fraction of sp³-hybridized carbons (Fsp3) is 0.286. The van der Waals surface area contributed by atoms with Gasteiger partial charge in [-0.15, -0.1) is 0 Å². The molecular formula is C21H21ClN2O2. The number of aliphatic hydroxyl groups is 1. The average Bonchev–Trinajstić information content (AvgIpc) is 3.06. The van der Waals surface area contributed by atoms with Crippen molar-refractivity contribution in [1.29, 1.82) is 0 Å². The molecule has 134 valence electrons. The molecule has 4 rings (SSSR count). The highest BCUT2D eigenvalue weighted by molar-refractivity contribution is 6.30. The minimum atomic E-state index is -0.887. The van der Waals surface area contributed by atoms with E-state index < -0.39 is 5.60 Å². The number of piperidine rings is 1. The highest BCUT2D eigenvalue weighted by atomic mass is 35.5. The molecule has 0 bridgehead atoms. The van der Waals surface area contributed by atoms with Crippen molar-refractivity contribution in [3.8, 4) is 0 Å². The van der Waals surface area contributed by atoms with Gasteiger partial charge in [0.2, 0.25) is 5.91 Å². The number of aromatic amines is 1. The quantitative estimate of drug-likeness (QED) is 0.737. The normalized spacial score (nSPS) is 16.8. The number of rotatable bonds is 3. The largest absolute Gasteiger partial charge is 0.385 e. The molecule has 1 fully saturated rings. The van der Waals surface area contributed by atoms with Crippen LogP contribution in [0.1, 0.15) is 24.0 Å². The first kappa shape index (κ1) is 17.1. The van der Waals surface area contributed by atoms with Crippen LogP contribution in [0.15, 0.2) is 54.7 Å². The van der Waals surface area contributed by atoms with Gasteiger partial charge in [0.05, 0.1) is 12.0 Å². The van der Waals surface area contributed by atoms with Gasteiger partial charge in [-0.2, -0.15) is 0 Å². The Morgan fingerprint density at radius 1 is 1.12 bits per heavy atom. The van der Waals surface area contributed by atoms with Crippen molar-refractivity contribution in [1.82, 2.24) is 9.88 Å². The van der Waals surface area contributed by atoms with E-state index in [0.29, 0.717) is 37.4 Å². The molecule has 2 heterocycles. The van der Waals surface area contributed by atoms with Crippen LogP contribution in [0.4, 0.5) is 0 Å². The Hall–Kier alpha value is -2.30. The molecule has 26 heavy (non-hydrogen) atoms. The summed E-state index contributed by atoms with van der Waals surface area (Å²) in [5, 5.41) is 12.7. The van der Waals surface area contributed by atoms with Gasteiger partial charge in [-0.25, -0.2) is 0 Å². The van der Waals surface area contributed by atoms with E-state index in [2.05, 4.69) is 4.98 Å². The van der Waals surface area contributed by atoms with E-state index in [1.54, 1.807) is 12.1 Å². The third-order valence-electron chi connectivity index (χ3n) is 5.34. The predicted octanol–water partition coefficient (Wildman–Crippen LogP) is 3.87. The molecule has 0 aliphatic carbocycles. The molecule has 3 aromatic rings. The third-order valence-corrected chi connectivity index (χ3v) is 5.59. The van der Waals surface area contributed by atoms with E-state index in [1.165, 1.54) is 0 Å². The number of likely N-dealkylation sites (tertiary alicyclic amines) is 1. The molecule has 0 saturated carbocycles.